The number of carbonyl (C=O) groups is 2. The second-order valence-electron chi connectivity index (χ2n) is 7.66. The maximum Gasteiger partial charge on any atom is 0.328 e. The highest BCUT2D eigenvalue weighted by molar-refractivity contribution is 5.85. The Balaban J connectivity index is 0.000000148. The molecule has 35 heavy (non-hydrogen) atoms. The van der Waals surface area contributed by atoms with Crippen molar-refractivity contribution in [1.82, 2.24) is 0 Å². The molecule has 4 aromatic carbocycles. The molecule has 4 aromatic rings. The van der Waals surface area contributed by atoms with Crippen LogP contribution in [-0.2, 0) is 16.0 Å². The van der Waals surface area contributed by atoms with Crippen molar-refractivity contribution in [2.24, 2.45) is 0 Å². The van der Waals surface area contributed by atoms with E-state index in [4.69, 9.17) is 10.2 Å². The Bertz CT molecular complexity index is 1200. The molecular weight excluding hydrogens is 436 g/mol. The lowest BCUT2D eigenvalue weighted by molar-refractivity contribution is -0.132. The molecule has 4 heteroatoms. The van der Waals surface area contributed by atoms with E-state index in [1.807, 2.05) is 60.7 Å². The smallest absolute Gasteiger partial charge is 0.328 e. The molecule has 2 N–H and O–H groups in total. The van der Waals surface area contributed by atoms with Crippen molar-refractivity contribution in [2.45, 2.75) is 6.42 Å². The van der Waals surface area contributed by atoms with Crippen LogP contribution in [0.15, 0.2) is 121 Å². The topological polar surface area (TPSA) is 74.6 Å². The molecule has 174 valence electrons. The summed E-state index contributed by atoms with van der Waals surface area (Å²) in [6.07, 6.45) is 6.46. The van der Waals surface area contributed by atoms with Crippen LogP contribution in [0.4, 0.5) is 0 Å². The molecule has 1 aliphatic rings. The summed E-state index contributed by atoms with van der Waals surface area (Å²) >= 11 is 0. The molecule has 0 aromatic heterocycles. The zero-order valence-electron chi connectivity index (χ0n) is 19.1. The Hall–Kier alpha value is -4.70. The van der Waals surface area contributed by atoms with Gasteiger partial charge in [-0.15, -0.1) is 0 Å². The monoisotopic (exact) mass is 462 g/mol. The molecule has 5 rings (SSSR count). The highest BCUT2D eigenvalue weighted by Gasteiger charge is 2.15. The molecular formula is C31H26O4. The van der Waals surface area contributed by atoms with Crippen molar-refractivity contribution in [3.8, 4) is 11.1 Å². The second-order valence-corrected chi connectivity index (χ2v) is 7.66. The third-order valence-electron chi connectivity index (χ3n) is 5.14. The summed E-state index contributed by atoms with van der Waals surface area (Å²) in [5, 5.41) is 16.6. The number of rotatable bonds is 4. The van der Waals surface area contributed by atoms with Crippen molar-refractivity contribution in [3.63, 3.8) is 0 Å². The average molecular weight is 463 g/mol. The molecule has 0 heterocycles. The van der Waals surface area contributed by atoms with Crippen molar-refractivity contribution < 1.29 is 19.8 Å². The summed E-state index contributed by atoms with van der Waals surface area (Å²) in [5.74, 6) is -1.84. The quantitative estimate of drug-likeness (QED) is 0.287. The number of aliphatic carboxylic acids is 2. The van der Waals surface area contributed by atoms with Gasteiger partial charge in [-0.1, -0.05) is 109 Å². The Kier molecular flexibility index (Phi) is 9.34. The standard InChI is InChI=1S/C13H10.2C9H8O2/c1-3-7-12-10(5-1)9-11-6-2-4-8-13(11)12;2*10-9(11)7-6-8-4-2-1-3-5-8/h1-8H,9H2;2*1-7H,(H,10,11). The van der Waals surface area contributed by atoms with Crippen LogP contribution in [0.1, 0.15) is 22.3 Å². The summed E-state index contributed by atoms with van der Waals surface area (Å²) in [4.78, 5) is 20.2. The summed E-state index contributed by atoms with van der Waals surface area (Å²) in [6, 6.07) is 35.9. The van der Waals surface area contributed by atoms with Crippen molar-refractivity contribution in [2.75, 3.05) is 0 Å². The van der Waals surface area contributed by atoms with Gasteiger partial charge < -0.3 is 10.2 Å². The molecule has 0 saturated carbocycles. The maximum atomic E-state index is 10.1. The van der Waals surface area contributed by atoms with E-state index < -0.39 is 11.9 Å². The van der Waals surface area contributed by atoms with Gasteiger partial charge in [0.15, 0.2) is 0 Å². The van der Waals surface area contributed by atoms with Gasteiger partial charge in [0.2, 0.25) is 0 Å². The van der Waals surface area contributed by atoms with Gasteiger partial charge in [-0.05, 0) is 52.0 Å². The molecule has 0 unspecified atom stereocenters. The van der Waals surface area contributed by atoms with Gasteiger partial charge in [0.25, 0.3) is 0 Å². The number of hydrogen-bond donors (Lipinski definition) is 2. The molecule has 0 aliphatic heterocycles. The minimum absolute atomic E-state index is 0.898. The fourth-order valence-electron chi connectivity index (χ4n) is 3.54. The number of benzene rings is 4. The zero-order chi connectivity index (χ0) is 24.9. The van der Waals surface area contributed by atoms with Crippen molar-refractivity contribution >= 4 is 24.1 Å². The predicted octanol–water partition coefficient (Wildman–Crippen LogP) is 6.83. The first kappa shape index (κ1) is 24.9. The van der Waals surface area contributed by atoms with Crippen LogP contribution in [0.3, 0.4) is 0 Å². The van der Waals surface area contributed by atoms with Crippen LogP contribution < -0.4 is 0 Å². The van der Waals surface area contributed by atoms with Gasteiger partial charge >= 0.3 is 11.9 Å². The van der Waals surface area contributed by atoms with Crippen LogP contribution in [-0.4, -0.2) is 22.2 Å². The molecule has 0 saturated heterocycles. The van der Waals surface area contributed by atoms with E-state index in [1.165, 1.54) is 22.3 Å². The normalized spacial score (nSPS) is 11.0. The van der Waals surface area contributed by atoms with E-state index in [0.29, 0.717) is 0 Å². The molecule has 0 atom stereocenters. The van der Waals surface area contributed by atoms with Gasteiger partial charge in [0, 0.05) is 12.2 Å². The first-order chi connectivity index (χ1) is 17.0. The molecule has 4 nitrogen and oxygen atoms in total. The summed E-state index contributed by atoms with van der Waals surface area (Å²) < 4.78 is 0. The van der Waals surface area contributed by atoms with Gasteiger partial charge in [-0.3, -0.25) is 0 Å². The Morgan fingerprint density at radius 2 is 0.857 bits per heavy atom. The van der Waals surface area contributed by atoms with Crippen LogP contribution in [0.25, 0.3) is 23.3 Å². The fourth-order valence-corrected chi connectivity index (χ4v) is 3.54. The van der Waals surface area contributed by atoms with Gasteiger partial charge in [0.1, 0.15) is 0 Å². The average Bonchev–Trinajstić information content (AvgIpc) is 3.27. The summed E-state index contributed by atoms with van der Waals surface area (Å²) in [5.41, 5.74) is 7.55. The number of fused-ring (bicyclic) bond motifs is 3. The van der Waals surface area contributed by atoms with Crippen molar-refractivity contribution in [1.29, 1.82) is 0 Å². The second kappa shape index (κ2) is 13.1. The number of carboxylic acid groups (broad SMARTS) is 2. The fraction of sp³-hybridized carbons (Fsp3) is 0.0323. The van der Waals surface area contributed by atoms with Gasteiger partial charge in [-0.25, -0.2) is 9.59 Å². The lowest BCUT2D eigenvalue weighted by Crippen LogP contribution is -1.85. The lowest BCUT2D eigenvalue weighted by atomic mass is 10.1. The molecule has 0 radical (unpaired) electrons. The van der Waals surface area contributed by atoms with E-state index >= 15 is 0 Å². The third-order valence-corrected chi connectivity index (χ3v) is 5.14. The lowest BCUT2D eigenvalue weighted by Gasteiger charge is -1.98. The van der Waals surface area contributed by atoms with E-state index in [9.17, 15) is 9.59 Å². The van der Waals surface area contributed by atoms with Gasteiger partial charge in [0.05, 0.1) is 0 Å². The van der Waals surface area contributed by atoms with Crippen LogP contribution in [0.5, 0.6) is 0 Å². The first-order valence-corrected chi connectivity index (χ1v) is 11.1. The minimum Gasteiger partial charge on any atom is -0.478 e. The Morgan fingerprint density at radius 1 is 0.514 bits per heavy atom. The SMILES string of the molecule is O=C(O)C=Cc1ccccc1.O=C(O)C=Cc1ccccc1.c1ccc2c(c1)Cc1ccccc1-2. The molecule has 0 spiro atoms. The zero-order valence-corrected chi connectivity index (χ0v) is 19.1. The minimum atomic E-state index is -0.922. The maximum absolute atomic E-state index is 10.1. The highest BCUT2D eigenvalue weighted by Crippen LogP contribution is 2.35. The molecule has 1 aliphatic carbocycles. The predicted molar refractivity (Wildman–Crippen MR) is 141 cm³/mol. The Labute approximate surface area is 205 Å². The number of carboxylic acids is 2. The van der Waals surface area contributed by atoms with E-state index in [0.717, 1.165) is 29.7 Å². The largest absolute Gasteiger partial charge is 0.478 e. The Morgan fingerprint density at radius 3 is 1.23 bits per heavy atom. The van der Waals surface area contributed by atoms with Crippen LogP contribution in [0.2, 0.25) is 0 Å². The van der Waals surface area contributed by atoms with E-state index in [1.54, 1.807) is 12.2 Å². The molecule has 0 fully saturated rings. The number of hydrogen-bond acceptors (Lipinski definition) is 2. The van der Waals surface area contributed by atoms with Crippen molar-refractivity contribution in [3.05, 3.63) is 144 Å². The van der Waals surface area contributed by atoms with Crippen LogP contribution >= 0.6 is 0 Å². The highest BCUT2D eigenvalue weighted by atomic mass is 16.4. The molecule has 0 amide bonds. The summed E-state index contributed by atoms with van der Waals surface area (Å²) in [6.45, 7) is 0. The summed E-state index contributed by atoms with van der Waals surface area (Å²) in [7, 11) is 0. The van der Waals surface area contributed by atoms with E-state index in [2.05, 4.69) is 48.5 Å². The molecule has 0 bridgehead atoms. The van der Waals surface area contributed by atoms with E-state index in [-0.39, 0.29) is 0 Å². The first-order valence-electron chi connectivity index (χ1n) is 11.1. The third kappa shape index (κ3) is 8.30. The van der Waals surface area contributed by atoms with Crippen LogP contribution in [0, 0.1) is 0 Å². The van der Waals surface area contributed by atoms with Gasteiger partial charge in [-0.2, -0.15) is 0 Å².